The van der Waals surface area contributed by atoms with Gasteiger partial charge in [-0.3, -0.25) is 4.90 Å². The molecule has 1 rings (SSSR count). The molecule has 0 aliphatic carbocycles. The topological polar surface area (TPSA) is 23.5 Å². The van der Waals surface area contributed by atoms with Gasteiger partial charge in [0.05, 0.1) is 6.61 Å². The van der Waals surface area contributed by atoms with Gasteiger partial charge in [0.25, 0.3) is 0 Å². The molecular formula is C9H19NO. The molecule has 0 aromatic rings. The van der Waals surface area contributed by atoms with Crippen LogP contribution in [0.25, 0.3) is 0 Å². The van der Waals surface area contributed by atoms with Crippen molar-refractivity contribution in [2.45, 2.75) is 38.6 Å². The molecule has 66 valence electrons. The molecule has 0 amide bonds. The van der Waals surface area contributed by atoms with Crippen LogP contribution in [0.5, 0.6) is 0 Å². The Labute approximate surface area is 69.2 Å². The molecule has 1 N–H and O–H groups in total. The highest BCUT2D eigenvalue weighted by Crippen LogP contribution is 2.11. The van der Waals surface area contributed by atoms with Gasteiger partial charge in [0.15, 0.2) is 0 Å². The predicted molar refractivity (Wildman–Crippen MR) is 46.6 cm³/mol. The van der Waals surface area contributed by atoms with Crippen LogP contribution in [0.1, 0.15) is 32.6 Å². The van der Waals surface area contributed by atoms with Crippen LogP contribution in [0.2, 0.25) is 0 Å². The molecule has 2 nitrogen and oxygen atoms in total. The zero-order chi connectivity index (χ0) is 8.10. The second kappa shape index (κ2) is 4.73. The second-order valence-electron chi connectivity index (χ2n) is 3.48. The number of likely N-dealkylation sites (tertiary alicyclic amines) is 1. The number of rotatable bonds is 2. The van der Waals surface area contributed by atoms with Crippen LogP contribution in [-0.2, 0) is 0 Å². The molecule has 1 saturated heterocycles. The van der Waals surface area contributed by atoms with E-state index < -0.39 is 0 Å². The lowest BCUT2D eigenvalue weighted by molar-refractivity contribution is 0.138. The SMILES string of the molecule is C[C@H](CO)N1CCCCCC1. The first-order valence-corrected chi connectivity index (χ1v) is 4.69. The van der Waals surface area contributed by atoms with E-state index in [0.717, 1.165) is 0 Å². The van der Waals surface area contributed by atoms with Gasteiger partial charge in [-0.05, 0) is 32.9 Å². The quantitative estimate of drug-likeness (QED) is 0.652. The second-order valence-corrected chi connectivity index (χ2v) is 3.48. The normalized spacial score (nSPS) is 24.5. The summed E-state index contributed by atoms with van der Waals surface area (Å²) < 4.78 is 0. The van der Waals surface area contributed by atoms with Crippen molar-refractivity contribution < 1.29 is 5.11 Å². The number of nitrogens with zero attached hydrogens (tertiary/aromatic N) is 1. The van der Waals surface area contributed by atoms with E-state index in [4.69, 9.17) is 5.11 Å². The van der Waals surface area contributed by atoms with E-state index in [1.165, 1.54) is 38.8 Å². The first kappa shape index (κ1) is 9.01. The van der Waals surface area contributed by atoms with Crippen molar-refractivity contribution in [3.63, 3.8) is 0 Å². The van der Waals surface area contributed by atoms with Gasteiger partial charge < -0.3 is 5.11 Å². The molecule has 0 unspecified atom stereocenters. The Balaban J connectivity index is 2.30. The Kier molecular flexibility index (Phi) is 3.87. The molecule has 0 radical (unpaired) electrons. The summed E-state index contributed by atoms with van der Waals surface area (Å²) in [5.74, 6) is 0. The number of aliphatic hydroxyl groups is 1. The fourth-order valence-electron chi connectivity index (χ4n) is 1.65. The average molecular weight is 157 g/mol. The van der Waals surface area contributed by atoms with Crippen molar-refractivity contribution in [1.29, 1.82) is 0 Å². The maximum atomic E-state index is 8.94. The third kappa shape index (κ3) is 2.80. The van der Waals surface area contributed by atoms with Crippen molar-refractivity contribution >= 4 is 0 Å². The maximum Gasteiger partial charge on any atom is 0.0584 e. The average Bonchev–Trinajstić information content (AvgIpc) is 2.30. The van der Waals surface area contributed by atoms with Crippen LogP contribution < -0.4 is 0 Å². The van der Waals surface area contributed by atoms with Gasteiger partial charge in [0.2, 0.25) is 0 Å². The minimum atomic E-state index is 0.306. The zero-order valence-corrected chi connectivity index (χ0v) is 7.42. The third-order valence-electron chi connectivity index (χ3n) is 2.53. The first-order valence-electron chi connectivity index (χ1n) is 4.69. The van der Waals surface area contributed by atoms with Crippen molar-refractivity contribution in [1.82, 2.24) is 4.90 Å². The highest BCUT2D eigenvalue weighted by Gasteiger charge is 2.13. The molecule has 0 spiro atoms. The van der Waals surface area contributed by atoms with E-state index in [1.807, 2.05) is 0 Å². The zero-order valence-electron chi connectivity index (χ0n) is 7.42. The molecular weight excluding hydrogens is 138 g/mol. The summed E-state index contributed by atoms with van der Waals surface area (Å²) in [6, 6.07) is 0.369. The molecule has 11 heavy (non-hydrogen) atoms. The summed E-state index contributed by atoms with van der Waals surface area (Å²) in [4.78, 5) is 2.40. The fraction of sp³-hybridized carbons (Fsp3) is 1.00. The Morgan fingerprint density at radius 3 is 2.18 bits per heavy atom. The van der Waals surface area contributed by atoms with Crippen LogP contribution in [0, 0.1) is 0 Å². The first-order chi connectivity index (χ1) is 5.34. The van der Waals surface area contributed by atoms with Crippen LogP contribution in [0.4, 0.5) is 0 Å². The molecule has 0 saturated carbocycles. The van der Waals surface area contributed by atoms with E-state index in [1.54, 1.807) is 0 Å². The third-order valence-corrected chi connectivity index (χ3v) is 2.53. The van der Waals surface area contributed by atoms with E-state index in [0.29, 0.717) is 12.6 Å². The lowest BCUT2D eigenvalue weighted by Crippen LogP contribution is -2.36. The lowest BCUT2D eigenvalue weighted by atomic mass is 10.2. The van der Waals surface area contributed by atoms with Crippen molar-refractivity contribution in [3.05, 3.63) is 0 Å². The minimum absolute atomic E-state index is 0.306. The van der Waals surface area contributed by atoms with Gasteiger partial charge in [-0.2, -0.15) is 0 Å². The summed E-state index contributed by atoms with van der Waals surface area (Å²) in [5.41, 5.74) is 0. The van der Waals surface area contributed by atoms with E-state index >= 15 is 0 Å². The lowest BCUT2D eigenvalue weighted by Gasteiger charge is -2.25. The van der Waals surface area contributed by atoms with Crippen LogP contribution >= 0.6 is 0 Å². The molecule has 2 heteroatoms. The summed E-state index contributed by atoms with van der Waals surface area (Å²) >= 11 is 0. The Hall–Kier alpha value is -0.0800. The predicted octanol–water partition coefficient (Wildman–Crippen LogP) is 1.24. The van der Waals surface area contributed by atoms with Gasteiger partial charge in [-0.25, -0.2) is 0 Å². The van der Waals surface area contributed by atoms with E-state index in [-0.39, 0.29) is 0 Å². The molecule has 1 aliphatic rings. The Morgan fingerprint density at radius 2 is 1.73 bits per heavy atom. The highest BCUT2D eigenvalue weighted by molar-refractivity contribution is 4.68. The summed E-state index contributed by atoms with van der Waals surface area (Å²) in [6.07, 6.45) is 5.36. The Morgan fingerprint density at radius 1 is 1.18 bits per heavy atom. The summed E-state index contributed by atoms with van der Waals surface area (Å²) in [6.45, 7) is 4.77. The number of aliphatic hydroxyl groups excluding tert-OH is 1. The number of hydrogen-bond acceptors (Lipinski definition) is 2. The van der Waals surface area contributed by atoms with Crippen molar-refractivity contribution in [3.8, 4) is 0 Å². The molecule has 1 fully saturated rings. The van der Waals surface area contributed by atoms with E-state index in [9.17, 15) is 0 Å². The minimum Gasteiger partial charge on any atom is -0.395 e. The van der Waals surface area contributed by atoms with Crippen LogP contribution in [0.15, 0.2) is 0 Å². The van der Waals surface area contributed by atoms with Gasteiger partial charge in [0, 0.05) is 6.04 Å². The van der Waals surface area contributed by atoms with Gasteiger partial charge in [0.1, 0.15) is 0 Å². The summed E-state index contributed by atoms with van der Waals surface area (Å²) in [5, 5.41) is 8.94. The van der Waals surface area contributed by atoms with Crippen molar-refractivity contribution in [2.75, 3.05) is 19.7 Å². The molecule has 0 aromatic carbocycles. The number of hydrogen-bond donors (Lipinski definition) is 1. The van der Waals surface area contributed by atoms with E-state index in [2.05, 4.69) is 11.8 Å². The maximum absolute atomic E-state index is 8.94. The Bertz CT molecular complexity index is 97.7. The van der Waals surface area contributed by atoms with Crippen LogP contribution in [0.3, 0.4) is 0 Å². The fourth-order valence-corrected chi connectivity index (χ4v) is 1.65. The highest BCUT2D eigenvalue weighted by atomic mass is 16.3. The summed E-state index contributed by atoms with van der Waals surface area (Å²) in [7, 11) is 0. The molecule has 1 aliphatic heterocycles. The standard InChI is InChI=1S/C9H19NO/c1-9(8-11)10-6-4-2-3-5-7-10/h9,11H,2-8H2,1H3/t9-/m1/s1. The molecule has 1 heterocycles. The van der Waals surface area contributed by atoms with Gasteiger partial charge >= 0.3 is 0 Å². The molecule has 0 bridgehead atoms. The molecule has 0 aromatic heterocycles. The monoisotopic (exact) mass is 157 g/mol. The smallest absolute Gasteiger partial charge is 0.0584 e. The van der Waals surface area contributed by atoms with Crippen LogP contribution in [-0.4, -0.2) is 35.7 Å². The van der Waals surface area contributed by atoms with Crippen molar-refractivity contribution in [2.24, 2.45) is 0 Å². The van der Waals surface area contributed by atoms with Gasteiger partial charge in [-0.1, -0.05) is 12.8 Å². The largest absolute Gasteiger partial charge is 0.395 e. The van der Waals surface area contributed by atoms with Gasteiger partial charge in [-0.15, -0.1) is 0 Å². The molecule has 1 atom stereocenters.